The number of hydrogen-bond donors (Lipinski definition) is 1. The minimum Gasteiger partial charge on any atom is -0.481 e. The Morgan fingerprint density at radius 1 is 1.32 bits per heavy atom. The summed E-state index contributed by atoms with van der Waals surface area (Å²) >= 11 is 0. The van der Waals surface area contributed by atoms with E-state index in [1.807, 2.05) is 0 Å². The average Bonchev–Trinajstić information content (AvgIpc) is 2.38. The molecule has 1 unspecified atom stereocenters. The molecule has 1 saturated carbocycles. The summed E-state index contributed by atoms with van der Waals surface area (Å²) < 4.78 is 5.55. The maximum atomic E-state index is 10.8. The standard InChI is InChI=1S/C15H27NO3/c1-11(2)12-3-5-13(6-4-12)16-7-8-19-14(10-16)9-15(17)18/h11-14H,3-10H2,1-2H3,(H,17,18). The Balaban J connectivity index is 1.80. The number of rotatable bonds is 4. The highest BCUT2D eigenvalue weighted by molar-refractivity contribution is 5.67. The van der Waals surface area contributed by atoms with Gasteiger partial charge < -0.3 is 9.84 Å². The maximum Gasteiger partial charge on any atom is 0.306 e. The second-order valence-corrected chi connectivity index (χ2v) is 6.40. The van der Waals surface area contributed by atoms with Gasteiger partial charge in [-0.15, -0.1) is 0 Å². The quantitative estimate of drug-likeness (QED) is 0.851. The first kappa shape index (κ1) is 14.8. The van der Waals surface area contributed by atoms with Gasteiger partial charge in [0.05, 0.1) is 19.1 Å². The topological polar surface area (TPSA) is 49.8 Å². The van der Waals surface area contributed by atoms with Gasteiger partial charge in [-0.2, -0.15) is 0 Å². The van der Waals surface area contributed by atoms with Crippen molar-refractivity contribution >= 4 is 5.97 Å². The third-order valence-electron chi connectivity index (χ3n) is 4.77. The number of morpholine rings is 1. The Morgan fingerprint density at radius 3 is 2.58 bits per heavy atom. The summed E-state index contributed by atoms with van der Waals surface area (Å²) in [6.07, 6.45) is 5.20. The minimum absolute atomic E-state index is 0.117. The molecule has 0 aromatic rings. The van der Waals surface area contributed by atoms with E-state index in [4.69, 9.17) is 9.84 Å². The van der Waals surface area contributed by atoms with E-state index in [0.717, 1.165) is 24.9 Å². The van der Waals surface area contributed by atoms with Crippen molar-refractivity contribution in [3.8, 4) is 0 Å². The van der Waals surface area contributed by atoms with Crippen LogP contribution in [0.3, 0.4) is 0 Å². The van der Waals surface area contributed by atoms with Crippen LogP contribution in [0.5, 0.6) is 0 Å². The molecule has 2 aliphatic rings. The number of hydrogen-bond acceptors (Lipinski definition) is 3. The van der Waals surface area contributed by atoms with Crippen molar-refractivity contribution in [3.05, 3.63) is 0 Å². The lowest BCUT2D eigenvalue weighted by Gasteiger charge is -2.41. The summed E-state index contributed by atoms with van der Waals surface area (Å²) in [5, 5.41) is 8.86. The molecule has 0 amide bonds. The van der Waals surface area contributed by atoms with Crippen LogP contribution < -0.4 is 0 Å². The zero-order valence-corrected chi connectivity index (χ0v) is 12.2. The van der Waals surface area contributed by atoms with Crippen molar-refractivity contribution in [3.63, 3.8) is 0 Å². The molecule has 4 heteroatoms. The number of carbonyl (C=O) groups is 1. The van der Waals surface area contributed by atoms with Gasteiger partial charge in [-0.25, -0.2) is 0 Å². The van der Waals surface area contributed by atoms with Gasteiger partial charge in [-0.3, -0.25) is 9.69 Å². The first-order chi connectivity index (χ1) is 9.06. The summed E-state index contributed by atoms with van der Waals surface area (Å²) in [6.45, 7) is 7.09. The second-order valence-electron chi connectivity index (χ2n) is 6.40. The van der Waals surface area contributed by atoms with Crippen LogP contribution in [0.1, 0.15) is 46.0 Å². The van der Waals surface area contributed by atoms with E-state index in [-0.39, 0.29) is 12.5 Å². The van der Waals surface area contributed by atoms with Gasteiger partial charge in [0.25, 0.3) is 0 Å². The van der Waals surface area contributed by atoms with Gasteiger partial charge in [0.2, 0.25) is 0 Å². The zero-order chi connectivity index (χ0) is 13.8. The van der Waals surface area contributed by atoms with E-state index in [1.54, 1.807) is 0 Å². The Hall–Kier alpha value is -0.610. The lowest BCUT2D eigenvalue weighted by atomic mass is 9.79. The molecule has 110 valence electrons. The number of nitrogens with zero attached hydrogens (tertiary/aromatic N) is 1. The molecule has 0 spiro atoms. The molecule has 1 saturated heterocycles. The van der Waals surface area contributed by atoms with Gasteiger partial charge >= 0.3 is 5.97 Å². The van der Waals surface area contributed by atoms with Crippen LogP contribution in [-0.4, -0.2) is 47.8 Å². The number of aliphatic carboxylic acids is 1. The molecule has 0 bridgehead atoms. The number of carboxylic acid groups (broad SMARTS) is 1. The molecule has 0 aromatic carbocycles. The Labute approximate surface area is 116 Å². The zero-order valence-electron chi connectivity index (χ0n) is 12.2. The highest BCUT2D eigenvalue weighted by Crippen LogP contribution is 2.32. The molecule has 19 heavy (non-hydrogen) atoms. The molecule has 2 rings (SSSR count). The van der Waals surface area contributed by atoms with Gasteiger partial charge in [0.15, 0.2) is 0 Å². The first-order valence-corrected chi connectivity index (χ1v) is 7.63. The molecule has 1 N–H and O–H groups in total. The summed E-state index contributed by atoms with van der Waals surface area (Å²) in [6, 6.07) is 0.648. The third-order valence-corrected chi connectivity index (χ3v) is 4.77. The van der Waals surface area contributed by atoms with E-state index >= 15 is 0 Å². The van der Waals surface area contributed by atoms with Crippen molar-refractivity contribution in [2.75, 3.05) is 19.7 Å². The molecular formula is C15H27NO3. The highest BCUT2D eigenvalue weighted by Gasteiger charge is 2.31. The maximum absolute atomic E-state index is 10.8. The lowest BCUT2D eigenvalue weighted by molar-refractivity contribution is -0.142. The summed E-state index contributed by atoms with van der Waals surface area (Å²) in [4.78, 5) is 13.2. The smallest absolute Gasteiger partial charge is 0.306 e. The molecule has 0 aromatic heterocycles. The van der Waals surface area contributed by atoms with Crippen LogP contribution >= 0.6 is 0 Å². The fourth-order valence-electron chi connectivity index (χ4n) is 3.53. The predicted octanol–water partition coefficient (Wildman–Crippen LogP) is 2.38. The normalized spacial score (nSPS) is 33.5. The van der Waals surface area contributed by atoms with Crippen LogP contribution in [0.25, 0.3) is 0 Å². The van der Waals surface area contributed by atoms with Gasteiger partial charge in [-0.05, 0) is 37.5 Å². The van der Waals surface area contributed by atoms with Crippen LogP contribution in [0.4, 0.5) is 0 Å². The number of carboxylic acids is 1. The Morgan fingerprint density at radius 2 is 2.00 bits per heavy atom. The fraction of sp³-hybridized carbons (Fsp3) is 0.933. The largest absolute Gasteiger partial charge is 0.481 e. The predicted molar refractivity (Wildman–Crippen MR) is 74.1 cm³/mol. The van der Waals surface area contributed by atoms with Crippen molar-refractivity contribution in [1.29, 1.82) is 0 Å². The van der Waals surface area contributed by atoms with Crippen molar-refractivity contribution in [2.45, 2.75) is 58.1 Å². The van der Waals surface area contributed by atoms with Crippen molar-refractivity contribution < 1.29 is 14.6 Å². The van der Waals surface area contributed by atoms with Gasteiger partial charge in [-0.1, -0.05) is 13.8 Å². The molecule has 1 heterocycles. The average molecular weight is 269 g/mol. The van der Waals surface area contributed by atoms with Crippen molar-refractivity contribution in [2.24, 2.45) is 11.8 Å². The van der Waals surface area contributed by atoms with Crippen LogP contribution in [-0.2, 0) is 9.53 Å². The Bertz CT molecular complexity index is 298. The SMILES string of the molecule is CC(C)C1CCC(N2CCOC(CC(=O)O)C2)CC1. The fourth-order valence-corrected chi connectivity index (χ4v) is 3.53. The third kappa shape index (κ3) is 4.18. The van der Waals surface area contributed by atoms with E-state index in [1.165, 1.54) is 25.7 Å². The molecule has 0 radical (unpaired) electrons. The van der Waals surface area contributed by atoms with E-state index in [0.29, 0.717) is 12.6 Å². The molecule has 1 aliphatic heterocycles. The summed E-state index contributed by atoms with van der Waals surface area (Å²) in [5.41, 5.74) is 0. The second kappa shape index (κ2) is 6.71. The Kier molecular flexibility index (Phi) is 5.22. The van der Waals surface area contributed by atoms with Gasteiger partial charge in [0, 0.05) is 19.1 Å². The first-order valence-electron chi connectivity index (χ1n) is 7.63. The molecule has 4 nitrogen and oxygen atoms in total. The van der Waals surface area contributed by atoms with E-state index in [9.17, 15) is 4.79 Å². The van der Waals surface area contributed by atoms with Crippen LogP contribution in [0.15, 0.2) is 0 Å². The van der Waals surface area contributed by atoms with E-state index in [2.05, 4.69) is 18.7 Å². The molecule has 1 aliphatic carbocycles. The summed E-state index contributed by atoms with van der Waals surface area (Å²) in [5.74, 6) is 0.924. The van der Waals surface area contributed by atoms with Crippen LogP contribution in [0, 0.1) is 11.8 Å². The van der Waals surface area contributed by atoms with E-state index < -0.39 is 5.97 Å². The van der Waals surface area contributed by atoms with Crippen molar-refractivity contribution in [1.82, 2.24) is 4.90 Å². The van der Waals surface area contributed by atoms with Crippen LogP contribution in [0.2, 0.25) is 0 Å². The molecular weight excluding hydrogens is 242 g/mol. The summed E-state index contributed by atoms with van der Waals surface area (Å²) in [7, 11) is 0. The monoisotopic (exact) mass is 269 g/mol. The highest BCUT2D eigenvalue weighted by atomic mass is 16.5. The minimum atomic E-state index is -0.754. The van der Waals surface area contributed by atoms with Gasteiger partial charge in [0.1, 0.15) is 0 Å². The molecule has 1 atom stereocenters. The number of ether oxygens (including phenoxy) is 1. The lowest BCUT2D eigenvalue weighted by Crippen LogP contribution is -2.49. The molecule has 2 fully saturated rings.